The van der Waals surface area contributed by atoms with Gasteiger partial charge in [-0.15, -0.1) is 0 Å². The first-order valence-corrected chi connectivity index (χ1v) is 18.0. The van der Waals surface area contributed by atoms with Crippen molar-refractivity contribution in [2.24, 2.45) is 19.5 Å². The van der Waals surface area contributed by atoms with Crippen LogP contribution in [-0.2, 0) is 25.3 Å². The Balaban J connectivity index is 1.01. The van der Waals surface area contributed by atoms with Crippen molar-refractivity contribution in [3.63, 3.8) is 0 Å². The molecule has 0 bridgehead atoms. The maximum atomic E-state index is 13.8. The number of carbonyl (C=O) groups excluding carboxylic acids is 4. The van der Waals surface area contributed by atoms with Crippen molar-refractivity contribution < 1.29 is 28.7 Å². The molecular weight excluding hydrogens is 690 g/mol. The standard InChI is InChI=1S/C39H49N9O6/c1-39(2,22-40-3)23-41-36(50)30-16-25(19-45(30)4)42-37(51)35-44-33(21-47(35)6)43-34(49)13-10-14-54-32-18-29-27(17-31(32)53-7)38(52)48-26(20-46(29)5)15-24-11-8-9-12-28(24)48/h8-9,11-12,16-19,21,26,40H,10,13-15,20,22-23H2,1-7H3,(H,41,50)(H,42,51)(H,43,49)/t26-/m0/s1. The van der Waals surface area contributed by atoms with Gasteiger partial charge in [0.25, 0.3) is 17.7 Å². The number of ether oxygens (including phenoxy) is 2. The lowest BCUT2D eigenvalue weighted by Crippen LogP contribution is -2.41. The monoisotopic (exact) mass is 739 g/mol. The highest BCUT2D eigenvalue weighted by atomic mass is 16.5. The highest BCUT2D eigenvalue weighted by molar-refractivity contribution is 6.12. The molecule has 0 fully saturated rings. The highest BCUT2D eigenvalue weighted by Crippen LogP contribution is 2.42. The minimum Gasteiger partial charge on any atom is -0.493 e. The third-order valence-corrected chi connectivity index (χ3v) is 9.73. The topological polar surface area (TPSA) is 164 Å². The van der Waals surface area contributed by atoms with Crippen LogP contribution in [-0.4, -0.2) is 91.2 Å². The molecule has 0 unspecified atom stereocenters. The number of benzene rings is 2. The second-order valence-electron chi connectivity index (χ2n) is 14.7. The molecule has 54 heavy (non-hydrogen) atoms. The number of hydrogen-bond donors (Lipinski definition) is 4. The number of carbonyl (C=O) groups is 4. The number of methoxy groups -OCH3 is 1. The summed E-state index contributed by atoms with van der Waals surface area (Å²) in [6.45, 7) is 6.22. The molecule has 0 spiro atoms. The van der Waals surface area contributed by atoms with Gasteiger partial charge in [0.2, 0.25) is 11.7 Å². The Morgan fingerprint density at radius 1 is 0.944 bits per heavy atom. The molecule has 6 rings (SSSR count). The summed E-state index contributed by atoms with van der Waals surface area (Å²) in [5, 5.41) is 11.6. The molecular formula is C39H49N9O6. The Labute approximate surface area is 315 Å². The molecule has 4 aromatic rings. The van der Waals surface area contributed by atoms with Crippen LogP contribution in [0.15, 0.2) is 54.9 Å². The first kappa shape index (κ1) is 37.9. The van der Waals surface area contributed by atoms with E-state index in [1.807, 2.05) is 43.3 Å². The van der Waals surface area contributed by atoms with E-state index in [1.165, 1.54) is 17.2 Å². The molecule has 1 atom stereocenters. The lowest BCUT2D eigenvalue weighted by atomic mass is 9.93. The van der Waals surface area contributed by atoms with E-state index in [1.54, 1.807) is 43.2 Å². The molecule has 15 heteroatoms. The molecule has 4 N–H and O–H groups in total. The highest BCUT2D eigenvalue weighted by Gasteiger charge is 2.39. The maximum absolute atomic E-state index is 13.8. The zero-order valence-corrected chi connectivity index (χ0v) is 31.9. The Kier molecular flexibility index (Phi) is 11.0. The zero-order chi connectivity index (χ0) is 38.7. The molecule has 2 aliphatic rings. The quantitative estimate of drug-likeness (QED) is 0.141. The minimum absolute atomic E-state index is 0.0220. The van der Waals surface area contributed by atoms with Crippen molar-refractivity contribution in [3.8, 4) is 11.5 Å². The molecule has 4 amide bonds. The van der Waals surface area contributed by atoms with Crippen molar-refractivity contribution in [2.45, 2.75) is 39.2 Å². The van der Waals surface area contributed by atoms with Crippen molar-refractivity contribution in [2.75, 3.05) is 67.9 Å². The summed E-state index contributed by atoms with van der Waals surface area (Å²) in [6, 6.07) is 13.2. The van der Waals surface area contributed by atoms with Gasteiger partial charge in [0.15, 0.2) is 17.3 Å². The van der Waals surface area contributed by atoms with E-state index in [0.717, 1.165) is 24.3 Å². The molecule has 286 valence electrons. The van der Waals surface area contributed by atoms with E-state index < -0.39 is 5.91 Å². The van der Waals surface area contributed by atoms with Gasteiger partial charge in [-0.2, -0.15) is 0 Å². The summed E-state index contributed by atoms with van der Waals surface area (Å²) in [5.74, 6) is 0.128. The fourth-order valence-corrected chi connectivity index (χ4v) is 7.09. The Hall–Kier alpha value is -5.83. The minimum atomic E-state index is -0.494. The van der Waals surface area contributed by atoms with Crippen LogP contribution in [0, 0.1) is 5.41 Å². The lowest BCUT2D eigenvalue weighted by molar-refractivity contribution is -0.116. The van der Waals surface area contributed by atoms with Crippen LogP contribution in [0.25, 0.3) is 0 Å². The average Bonchev–Trinajstić information content (AvgIpc) is 3.79. The SMILES string of the molecule is CNCC(C)(C)CNC(=O)c1cc(NC(=O)c2nc(NC(=O)CCCOc3cc4c(cc3OC)C(=O)N3c5ccccc5C[C@H]3CN4C)cn2C)cn1C. The van der Waals surface area contributed by atoms with E-state index in [4.69, 9.17) is 9.47 Å². The third-order valence-electron chi connectivity index (χ3n) is 9.73. The average molecular weight is 740 g/mol. The van der Waals surface area contributed by atoms with E-state index >= 15 is 0 Å². The molecule has 0 radical (unpaired) electrons. The van der Waals surface area contributed by atoms with Crippen molar-refractivity contribution in [1.82, 2.24) is 24.8 Å². The molecule has 2 aromatic heterocycles. The van der Waals surface area contributed by atoms with Crippen LogP contribution in [0.5, 0.6) is 11.5 Å². The summed E-state index contributed by atoms with van der Waals surface area (Å²) < 4.78 is 14.9. The van der Waals surface area contributed by atoms with Crippen molar-refractivity contribution in [1.29, 1.82) is 0 Å². The van der Waals surface area contributed by atoms with Gasteiger partial charge in [0.05, 0.1) is 36.7 Å². The smallest absolute Gasteiger partial charge is 0.291 e. The molecule has 15 nitrogen and oxygen atoms in total. The van der Waals surface area contributed by atoms with Gasteiger partial charge in [0, 0.05) is 71.3 Å². The molecule has 2 aliphatic heterocycles. The first-order valence-electron chi connectivity index (χ1n) is 18.0. The summed E-state index contributed by atoms with van der Waals surface area (Å²) in [7, 11) is 8.76. The number of nitrogens with one attached hydrogen (secondary N) is 4. The van der Waals surface area contributed by atoms with Crippen LogP contribution in [0.2, 0.25) is 0 Å². The van der Waals surface area contributed by atoms with Crippen LogP contribution >= 0.6 is 0 Å². The van der Waals surface area contributed by atoms with Gasteiger partial charge in [-0.3, -0.25) is 19.2 Å². The summed E-state index contributed by atoms with van der Waals surface area (Å²) in [4.78, 5) is 60.9. The van der Waals surface area contributed by atoms with Crippen LogP contribution < -0.4 is 40.5 Å². The van der Waals surface area contributed by atoms with Gasteiger partial charge in [-0.25, -0.2) is 4.98 Å². The number of fused-ring (bicyclic) bond motifs is 4. The fraction of sp³-hybridized carbons (Fsp3) is 0.410. The summed E-state index contributed by atoms with van der Waals surface area (Å²) in [6.07, 6.45) is 4.54. The zero-order valence-electron chi connectivity index (χ0n) is 31.9. The number of hydrogen-bond acceptors (Lipinski definition) is 9. The van der Waals surface area contributed by atoms with Gasteiger partial charge in [-0.1, -0.05) is 32.0 Å². The molecule has 0 aliphatic carbocycles. The molecule has 0 saturated heterocycles. The second-order valence-corrected chi connectivity index (χ2v) is 14.7. The Bertz CT molecular complexity index is 2070. The number of likely N-dealkylation sites (N-methyl/N-ethyl adjacent to an activating group) is 1. The summed E-state index contributed by atoms with van der Waals surface area (Å²) >= 11 is 0. The van der Waals surface area contributed by atoms with E-state index in [0.29, 0.717) is 48.0 Å². The second kappa shape index (κ2) is 15.6. The number of rotatable bonds is 14. The first-order chi connectivity index (χ1) is 25.8. The molecule has 4 heterocycles. The van der Waals surface area contributed by atoms with Crippen LogP contribution in [0.4, 0.5) is 22.9 Å². The number of aryl methyl sites for hydroxylation is 2. The molecule has 0 saturated carbocycles. The Morgan fingerprint density at radius 2 is 1.72 bits per heavy atom. The van der Waals surface area contributed by atoms with Gasteiger partial charge < -0.3 is 49.7 Å². The third kappa shape index (κ3) is 8.05. The number of imidazole rings is 1. The van der Waals surface area contributed by atoms with Crippen LogP contribution in [0.1, 0.15) is 63.7 Å². The van der Waals surface area contributed by atoms with Gasteiger partial charge in [0.1, 0.15) is 5.69 Å². The summed E-state index contributed by atoms with van der Waals surface area (Å²) in [5.41, 5.74) is 4.12. The van der Waals surface area contributed by atoms with E-state index in [2.05, 4.69) is 51.1 Å². The van der Waals surface area contributed by atoms with Crippen molar-refractivity contribution >= 4 is 46.5 Å². The predicted octanol–water partition coefficient (Wildman–Crippen LogP) is 3.81. The number of anilines is 4. The number of para-hydroxylation sites is 1. The maximum Gasteiger partial charge on any atom is 0.291 e. The van der Waals surface area contributed by atoms with Crippen molar-refractivity contribution in [3.05, 3.63) is 77.5 Å². The molecule has 2 aromatic carbocycles. The van der Waals surface area contributed by atoms with Crippen LogP contribution in [0.3, 0.4) is 0 Å². The largest absolute Gasteiger partial charge is 0.493 e. The Morgan fingerprint density at radius 3 is 2.48 bits per heavy atom. The fourth-order valence-electron chi connectivity index (χ4n) is 7.09. The number of nitrogens with zero attached hydrogens (tertiary/aromatic N) is 5. The normalized spacial score (nSPS) is 14.9. The lowest BCUT2D eigenvalue weighted by Gasteiger charge is -2.25. The van der Waals surface area contributed by atoms with Gasteiger partial charge in [-0.05, 0) is 49.1 Å². The number of aromatic nitrogens is 3. The van der Waals surface area contributed by atoms with Gasteiger partial charge >= 0.3 is 0 Å². The van der Waals surface area contributed by atoms with E-state index in [-0.39, 0.29) is 53.8 Å². The predicted molar refractivity (Wildman–Crippen MR) is 207 cm³/mol. The number of amides is 4. The van der Waals surface area contributed by atoms with E-state index in [9.17, 15) is 19.2 Å².